The van der Waals surface area contributed by atoms with Crippen LogP contribution in [-0.4, -0.2) is 52.1 Å². The van der Waals surface area contributed by atoms with Gasteiger partial charge in [0.15, 0.2) is 6.61 Å². The number of ether oxygens (including phenoxy) is 1. The Labute approximate surface area is 165 Å². The van der Waals surface area contributed by atoms with E-state index in [1.807, 2.05) is 0 Å². The molecule has 10 heteroatoms. The van der Waals surface area contributed by atoms with Crippen molar-refractivity contribution in [1.29, 1.82) is 0 Å². The minimum absolute atomic E-state index is 0.0366. The fraction of sp³-hybridized carbons (Fsp3) is 0.421. The van der Waals surface area contributed by atoms with Gasteiger partial charge in [-0.3, -0.25) is 23.7 Å². The highest BCUT2D eigenvalue weighted by molar-refractivity contribution is 5.81. The first-order valence-corrected chi connectivity index (χ1v) is 9.35. The maximum Gasteiger partial charge on any atom is 0.305 e. The lowest BCUT2D eigenvalue weighted by Crippen LogP contribution is -2.34. The summed E-state index contributed by atoms with van der Waals surface area (Å²) in [6.45, 7) is 0.557. The molecular formula is C19H22N4O6. The second-order valence-electron chi connectivity index (χ2n) is 6.65. The molecule has 0 spiro atoms. The molecule has 1 aromatic carbocycles. The van der Waals surface area contributed by atoms with Gasteiger partial charge in [0.2, 0.25) is 5.91 Å². The number of carboxylic acids is 1. The maximum absolute atomic E-state index is 12.5. The van der Waals surface area contributed by atoms with Crippen LogP contribution in [0.2, 0.25) is 0 Å². The van der Waals surface area contributed by atoms with Gasteiger partial charge >= 0.3 is 5.97 Å². The standard InChI is InChI=1S/C19H22N4O6/c24-16(20-8-6-18(26)27)5-7-21-17(25)11-29-12-3-4-14-13(10-12)19(28)23-9-1-2-15(23)22-14/h3-4,10H,1-2,5-9,11H2,(H,20,24)(H,21,25)(H,26,27). The normalized spacial score (nSPS) is 12.4. The fourth-order valence-corrected chi connectivity index (χ4v) is 3.07. The molecule has 2 heterocycles. The smallest absolute Gasteiger partial charge is 0.305 e. The highest BCUT2D eigenvalue weighted by Gasteiger charge is 2.16. The highest BCUT2D eigenvalue weighted by atomic mass is 16.5. The topological polar surface area (TPSA) is 140 Å². The second kappa shape index (κ2) is 9.18. The van der Waals surface area contributed by atoms with Crippen molar-refractivity contribution in [3.8, 4) is 5.75 Å². The number of nitrogens with zero attached hydrogens (tertiary/aromatic N) is 2. The van der Waals surface area contributed by atoms with Crippen molar-refractivity contribution in [3.05, 3.63) is 34.4 Å². The van der Waals surface area contributed by atoms with E-state index >= 15 is 0 Å². The Morgan fingerprint density at radius 1 is 1.14 bits per heavy atom. The van der Waals surface area contributed by atoms with Crippen LogP contribution >= 0.6 is 0 Å². The zero-order valence-electron chi connectivity index (χ0n) is 15.8. The molecule has 0 fully saturated rings. The van der Waals surface area contributed by atoms with E-state index in [9.17, 15) is 19.2 Å². The van der Waals surface area contributed by atoms with Crippen LogP contribution in [0.1, 0.15) is 25.1 Å². The van der Waals surface area contributed by atoms with Gasteiger partial charge in [-0.05, 0) is 24.6 Å². The van der Waals surface area contributed by atoms with Crippen molar-refractivity contribution in [2.45, 2.75) is 32.2 Å². The molecule has 1 aliphatic rings. The predicted octanol–water partition coefficient (Wildman–Crippen LogP) is -0.181. The third kappa shape index (κ3) is 5.31. The third-order valence-corrected chi connectivity index (χ3v) is 4.49. The van der Waals surface area contributed by atoms with Crippen molar-refractivity contribution >= 4 is 28.7 Å². The molecule has 2 aromatic rings. The Hall–Kier alpha value is -3.43. The number of amides is 2. The number of nitrogens with one attached hydrogen (secondary N) is 2. The second-order valence-corrected chi connectivity index (χ2v) is 6.65. The molecule has 0 unspecified atom stereocenters. The van der Waals surface area contributed by atoms with E-state index in [-0.39, 0.29) is 44.0 Å². The van der Waals surface area contributed by atoms with Crippen molar-refractivity contribution in [2.75, 3.05) is 19.7 Å². The Morgan fingerprint density at radius 3 is 2.69 bits per heavy atom. The Bertz CT molecular complexity index is 1000. The van der Waals surface area contributed by atoms with Crippen LogP contribution in [0.5, 0.6) is 5.75 Å². The zero-order valence-corrected chi connectivity index (χ0v) is 15.8. The number of carbonyl (C=O) groups excluding carboxylic acids is 2. The maximum atomic E-state index is 12.5. The molecule has 0 radical (unpaired) electrons. The molecule has 29 heavy (non-hydrogen) atoms. The molecule has 10 nitrogen and oxygen atoms in total. The predicted molar refractivity (Wildman–Crippen MR) is 103 cm³/mol. The van der Waals surface area contributed by atoms with E-state index < -0.39 is 11.9 Å². The van der Waals surface area contributed by atoms with Gasteiger partial charge < -0.3 is 20.5 Å². The van der Waals surface area contributed by atoms with Crippen LogP contribution in [0.15, 0.2) is 23.0 Å². The number of carboxylic acid groups (broad SMARTS) is 1. The minimum Gasteiger partial charge on any atom is -0.484 e. The van der Waals surface area contributed by atoms with E-state index in [0.717, 1.165) is 18.7 Å². The Kier molecular flexibility index (Phi) is 6.43. The molecule has 0 atom stereocenters. The summed E-state index contributed by atoms with van der Waals surface area (Å²) < 4.78 is 7.11. The van der Waals surface area contributed by atoms with Crippen LogP contribution in [0.25, 0.3) is 10.9 Å². The van der Waals surface area contributed by atoms with Gasteiger partial charge in [-0.25, -0.2) is 4.98 Å². The van der Waals surface area contributed by atoms with Crippen molar-refractivity contribution in [3.63, 3.8) is 0 Å². The van der Waals surface area contributed by atoms with Gasteiger partial charge in [0.25, 0.3) is 11.5 Å². The Balaban J connectivity index is 1.47. The number of aliphatic carboxylic acids is 1. The summed E-state index contributed by atoms with van der Waals surface area (Å²) in [6.07, 6.45) is 1.58. The molecular weight excluding hydrogens is 380 g/mol. The van der Waals surface area contributed by atoms with E-state index in [1.54, 1.807) is 22.8 Å². The summed E-state index contributed by atoms with van der Waals surface area (Å²) in [5.74, 6) is -0.568. The number of rotatable bonds is 9. The first kappa shape index (κ1) is 20.3. The lowest BCUT2D eigenvalue weighted by molar-refractivity contribution is -0.137. The van der Waals surface area contributed by atoms with Gasteiger partial charge in [-0.1, -0.05) is 0 Å². The lowest BCUT2D eigenvalue weighted by atomic mass is 10.2. The third-order valence-electron chi connectivity index (χ3n) is 4.49. The molecule has 3 N–H and O–H groups in total. The average Bonchev–Trinajstić information content (AvgIpc) is 3.15. The summed E-state index contributed by atoms with van der Waals surface area (Å²) >= 11 is 0. The highest BCUT2D eigenvalue weighted by Crippen LogP contribution is 2.19. The minimum atomic E-state index is -0.993. The molecule has 0 aliphatic carbocycles. The van der Waals surface area contributed by atoms with E-state index in [0.29, 0.717) is 23.2 Å². The van der Waals surface area contributed by atoms with Crippen LogP contribution in [0.4, 0.5) is 0 Å². The number of carbonyl (C=O) groups is 3. The summed E-state index contributed by atoms with van der Waals surface area (Å²) in [5, 5.41) is 13.9. The molecule has 0 bridgehead atoms. The van der Waals surface area contributed by atoms with Crippen molar-refractivity contribution in [1.82, 2.24) is 20.2 Å². The van der Waals surface area contributed by atoms with E-state index in [4.69, 9.17) is 9.84 Å². The fourth-order valence-electron chi connectivity index (χ4n) is 3.07. The van der Waals surface area contributed by atoms with Crippen molar-refractivity contribution in [2.24, 2.45) is 0 Å². The summed E-state index contributed by atoms with van der Waals surface area (Å²) in [7, 11) is 0. The first-order valence-electron chi connectivity index (χ1n) is 9.35. The quantitative estimate of drug-likeness (QED) is 0.528. The van der Waals surface area contributed by atoms with Crippen LogP contribution < -0.4 is 20.9 Å². The number of aryl methyl sites for hydroxylation is 1. The van der Waals surface area contributed by atoms with E-state index in [1.165, 1.54) is 0 Å². The average molecular weight is 402 g/mol. The molecule has 1 aliphatic heterocycles. The van der Waals surface area contributed by atoms with Gasteiger partial charge in [0.1, 0.15) is 11.6 Å². The van der Waals surface area contributed by atoms with Crippen LogP contribution in [0.3, 0.4) is 0 Å². The Morgan fingerprint density at radius 2 is 1.90 bits per heavy atom. The number of hydrogen-bond acceptors (Lipinski definition) is 6. The van der Waals surface area contributed by atoms with Gasteiger partial charge in [0.05, 0.1) is 17.3 Å². The molecule has 1 aromatic heterocycles. The zero-order chi connectivity index (χ0) is 20.8. The molecule has 0 saturated heterocycles. The number of aromatic nitrogens is 2. The van der Waals surface area contributed by atoms with Gasteiger partial charge in [0, 0.05) is 32.5 Å². The number of fused-ring (bicyclic) bond motifs is 2. The SMILES string of the molecule is O=C(O)CCNC(=O)CCNC(=O)COc1ccc2nc3n(c(=O)c2c1)CCC3. The van der Waals surface area contributed by atoms with Crippen LogP contribution in [0, 0.1) is 0 Å². The van der Waals surface area contributed by atoms with Crippen molar-refractivity contribution < 1.29 is 24.2 Å². The summed E-state index contributed by atoms with van der Waals surface area (Å²) in [4.78, 5) is 50.8. The van der Waals surface area contributed by atoms with Crippen LogP contribution in [-0.2, 0) is 27.3 Å². The number of benzene rings is 1. The summed E-state index contributed by atoms with van der Waals surface area (Å²) in [5.41, 5.74) is 0.500. The molecule has 3 rings (SSSR count). The number of hydrogen-bond donors (Lipinski definition) is 3. The molecule has 154 valence electrons. The summed E-state index contributed by atoms with van der Waals surface area (Å²) in [6, 6.07) is 4.94. The van der Waals surface area contributed by atoms with Gasteiger partial charge in [-0.2, -0.15) is 0 Å². The monoisotopic (exact) mass is 402 g/mol. The first-order chi connectivity index (χ1) is 13.9. The molecule has 2 amide bonds. The molecule has 0 saturated carbocycles. The lowest BCUT2D eigenvalue weighted by Gasteiger charge is -2.09. The van der Waals surface area contributed by atoms with Gasteiger partial charge in [-0.15, -0.1) is 0 Å². The largest absolute Gasteiger partial charge is 0.484 e. The van der Waals surface area contributed by atoms with E-state index in [2.05, 4.69) is 15.6 Å².